The van der Waals surface area contributed by atoms with Crippen LogP contribution in [-0.4, -0.2) is 40.5 Å². The van der Waals surface area contributed by atoms with E-state index in [0.29, 0.717) is 25.7 Å². The van der Waals surface area contributed by atoms with Gasteiger partial charge in [-0.15, -0.1) is 24.0 Å². The largest absolute Gasteiger partial charge is 0.383 e. The van der Waals surface area contributed by atoms with Crippen LogP contribution in [0.25, 0.3) is 11.1 Å². The average molecular weight is 506 g/mol. The van der Waals surface area contributed by atoms with Crippen LogP contribution in [-0.2, 0) is 17.8 Å². The quantitative estimate of drug-likeness (QED) is 0.279. The van der Waals surface area contributed by atoms with Crippen LogP contribution in [0, 0.1) is 0 Å². The molecule has 3 aromatic rings. The van der Waals surface area contributed by atoms with Crippen LogP contribution in [0.15, 0.2) is 66.2 Å². The first-order chi connectivity index (χ1) is 13.7. The van der Waals surface area contributed by atoms with Gasteiger partial charge in [0.2, 0.25) is 0 Å². The zero-order valence-electron chi connectivity index (χ0n) is 16.7. The van der Waals surface area contributed by atoms with Crippen LogP contribution < -0.4 is 11.1 Å². The summed E-state index contributed by atoms with van der Waals surface area (Å²) < 4.78 is 6.91. The first kappa shape index (κ1) is 22.8. The molecule has 1 aromatic heterocycles. The summed E-state index contributed by atoms with van der Waals surface area (Å²) in [4.78, 5) is 8.45. The van der Waals surface area contributed by atoms with Crippen LogP contribution in [0.1, 0.15) is 18.1 Å². The molecule has 3 rings (SSSR count). The Morgan fingerprint density at radius 1 is 1.21 bits per heavy atom. The highest BCUT2D eigenvalue weighted by Crippen LogP contribution is 2.25. The van der Waals surface area contributed by atoms with Crippen molar-refractivity contribution in [3.63, 3.8) is 0 Å². The number of ether oxygens (including phenoxy) is 1. The lowest BCUT2D eigenvalue weighted by Crippen LogP contribution is -2.40. The smallest absolute Gasteiger partial charge is 0.189 e. The molecule has 0 saturated carbocycles. The number of hydrogen-bond donors (Lipinski definition) is 2. The van der Waals surface area contributed by atoms with Crippen molar-refractivity contribution < 1.29 is 4.74 Å². The second-order valence-corrected chi connectivity index (χ2v) is 6.65. The minimum Gasteiger partial charge on any atom is -0.383 e. The molecule has 1 unspecified atom stereocenters. The van der Waals surface area contributed by atoms with Gasteiger partial charge in [0, 0.05) is 13.2 Å². The zero-order valence-corrected chi connectivity index (χ0v) is 19.0. The van der Waals surface area contributed by atoms with Gasteiger partial charge in [-0.3, -0.25) is 0 Å². The molecule has 154 valence electrons. The first-order valence-electron chi connectivity index (χ1n) is 9.20. The lowest BCUT2D eigenvalue weighted by molar-refractivity contribution is 0.179. The number of methoxy groups -OCH3 is 1. The van der Waals surface area contributed by atoms with E-state index in [-0.39, 0.29) is 30.0 Å². The maximum absolute atomic E-state index is 6.00. The van der Waals surface area contributed by atoms with E-state index in [2.05, 4.69) is 56.8 Å². The molecular weight excluding hydrogens is 479 g/mol. The van der Waals surface area contributed by atoms with Crippen molar-refractivity contribution in [1.29, 1.82) is 0 Å². The number of nitrogens with one attached hydrogen (secondary N) is 1. The highest BCUT2D eigenvalue weighted by atomic mass is 127. The lowest BCUT2D eigenvalue weighted by Gasteiger charge is -2.14. The Labute approximate surface area is 188 Å². The van der Waals surface area contributed by atoms with Gasteiger partial charge in [-0.05, 0) is 29.2 Å². The second kappa shape index (κ2) is 11.5. The SMILES string of the molecule is COCC(C)NC(N)=NCc1ccccc1-c1ccc(Cn2cncn2)cc1.I. The number of guanidine groups is 1. The van der Waals surface area contributed by atoms with Gasteiger partial charge in [0.05, 0.1) is 19.7 Å². The maximum atomic E-state index is 6.00. The van der Waals surface area contributed by atoms with Gasteiger partial charge < -0.3 is 15.8 Å². The third kappa shape index (κ3) is 6.82. The Bertz CT molecular complexity index is 896. The molecule has 0 aliphatic heterocycles. The molecule has 0 saturated heterocycles. The Balaban J connectivity index is 0.00000300. The zero-order chi connectivity index (χ0) is 19.8. The van der Waals surface area contributed by atoms with Crippen LogP contribution in [0.3, 0.4) is 0 Å². The number of aromatic nitrogens is 3. The van der Waals surface area contributed by atoms with Crippen molar-refractivity contribution >= 4 is 29.9 Å². The van der Waals surface area contributed by atoms with Gasteiger partial charge in [-0.1, -0.05) is 48.5 Å². The molecule has 1 atom stereocenters. The summed E-state index contributed by atoms with van der Waals surface area (Å²) in [7, 11) is 1.67. The number of nitrogens with two attached hydrogens (primary N) is 1. The number of nitrogens with zero attached hydrogens (tertiary/aromatic N) is 4. The van der Waals surface area contributed by atoms with E-state index in [1.165, 1.54) is 5.56 Å². The third-order valence-corrected chi connectivity index (χ3v) is 4.32. The summed E-state index contributed by atoms with van der Waals surface area (Å²) in [6.07, 6.45) is 3.26. The molecule has 7 nitrogen and oxygen atoms in total. The lowest BCUT2D eigenvalue weighted by atomic mass is 9.98. The summed E-state index contributed by atoms with van der Waals surface area (Å²) in [6, 6.07) is 16.8. The van der Waals surface area contributed by atoms with E-state index in [9.17, 15) is 0 Å². The van der Waals surface area contributed by atoms with Crippen LogP contribution in [0.4, 0.5) is 0 Å². The summed E-state index contributed by atoms with van der Waals surface area (Å²) >= 11 is 0. The molecule has 8 heteroatoms. The summed E-state index contributed by atoms with van der Waals surface area (Å²) in [5.74, 6) is 0.419. The summed E-state index contributed by atoms with van der Waals surface area (Å²) in [6.45, 7) is 3.79. The predicted molar refractivity (Wildman–Crippen MR) is 126 cm³/mol. The fraction of sp³-hybridized carbons (Fsp3) is 0.286. The molecule has 1 heterocycles. The molecule has 0 aliphatic rings. The highest BCUT2D eigenvalue weighted by molar-refractivity contribution is 14.0. The maximum Gasteiger partial charge on any atom is 0.189 e. The Hall–Kier alpha value is -2.46. The minimum absolute atomic E-state index is 0. The van der Waals surface area contributed by atoms with Crippen LogP contribution in [0.2, 0.25) is 0 Å². The normalized spacial score (nSPS) is 12.3. The van der Waals surface area contributed by atoms with Gasteiger partial charge in [0.25, 0.3) is 0 Å². The van der Waals surface area contributed by atoms with Crippen molar-refractivity contribution in [2.45, 2.75) is 26.1 Å². The van der Waals surface area contributed by atoms with E-state index in [0.717, 1.165) is 16.7 Å². The number of aliphatic imine (C=N–C) groups is 1. The van der Waals surface area contributed by atoms with E-state index in [1.54, 1.807) is 24.4 Å². The molecule has 0 fully saturated rings. The fourth-order valence-corrected chi connectivity index (χ4v) is 2.99. The van der Waals surface area contributed by atoms with Crippen LogP contribution in [0.5, 0.6) is 0 Å². The summed E-state index contributed by atoms with van der Waals surface area (Å²) in [5.41, 5.74) is 10.6. The van der Waals surface area contributed by atoms with Crippen molar-refractivity contribution in [1.82, 2.24) is 20.1 Å². The van der Waals surface area contributed by atoms with Crippen LogP contribution >= 0.6 is 24.0 Å². The monoisotopic (exact) mass is 506 g/mol. The molecule has 29 heavy (non-hydrogen) atoms. The average Bonchev–Trinajstić information content (AvgIpc) is 3.20. The van der Waals surface area contributed by atoms with E-state index < -0.39 is 0 Å². The van der Waals surface area contributed by atoms with Crippen molar-refractivity contribution in [2.24, 2.45) is 10.7 Å². The molecule has 0 radical (unpaired) electrons. The van der Waals surface area contributed by atoms with Gasteiger partial charge in [-0.25, -0.2) is 14.7 Å². The molecule has 0 bridgehead atoms. The van der Waals surface area contributed by atoms with Crippen molar-refractivity contribution in [3.8, 4) is 11.1 Å². The standard InChI is InChI=1S/C21H26N6O.HI/c1-16(13-28-2)26-21(22)24-11-19-5-3-4-6-20(19)18-9-7-17(8-10-18)12-27-15-23-14-25-27;/h3-10,14-16H,11-13H2,1-2H3,(H3,22,24,26);1H. The second-order valence-electron chi connectivity index (χ2n) is 6.65. The molecule has 0 spiro atoms. The van der Waals surface area contributed by atoms with Gasteiger partial charge in [0.15, 0.2) is 5.96 Å². The Morgan fingerprint density at radius 3 is 2.66 bits per heavy atom. The van der Waals surface area contributed by atoms with Gasteiger partial charge in [0.1, 0.15) is 12.7 Å². The topological polar surface area (TPSA) is 90.3 Å². The molecular formula is C21H27IN6O. The first-order valence-corrected chi connectivity index (χ1v) is 9.20. The fourth-order valence-electron chi connectivity index (χ4n) is 2.99. The molecule has 2 aromatic carbocycles. The minimum atomic E-state index is 0. The predicted octanol–water partition coefficient (Wildman–Crippen LogP) is 3.05. The number of hydrogen-bond acceptors (Lipinski definition) is 4. The molecule has 0 aliphatic carbocycles. The summed E-state index contributed by atoms with van der Waals surface area (Å²) in [5, 5.41) is 7.27. The van der Waals surface area contributed by atoms with E-state index >= 15 is 0 Å². The van der Waals surface area contributed by atoms with Gasteiger partial charge in [-0.2, -0.15) is 5.10 Å². The number of rotatable bonds is 8. The van der Waals surface area contributed by atoms with E-state index in [1.807, 2.05) is 19.1 Å². The Kier molecular flexibility index (Phi) is 9.07. The number of halogens is 1. The Morgan fingerprint density at radius 2 is 1.97 bits per heavy atom. The molecule has 3 N–H and O–H groups in total. The number of benzene rings is 2. The third-order valence-electron chi connectivity index (χ3n) is 4.32. The van der Waals surface area contributed by atoms with Crippen molar-refractivity contribution in [3.05, 3.63) is 72.3 Å². The van der Waals surface area contributed by atoms with Gasteiger partial charge >= 0.3 is 0 Å². The molecule has 0 amide bonds. The van der Waals surface area contributed by atoms with Crippen molar-refractivity contribution in [2.75, 3.05) is 13.7 Å². The highest BCUT2D eigenvalue weighted by Gasteiger charge is 2.06. The van der Waals surface area contributed by atoms with E-state index in [4.69, 9.17) is 10.5 Å².